The molecule has 0 aromatic rings. The summed E-state index contributed by atoms with van der Waals surface area (Å²) in [6.45, 7) is -5.69. The Morgan fingerprint density at radius 3 is 1.23 bits per heavy atom. The van der Waals surface area contributed by atoms with Crippen LogP contribution in [-0.2, 0) is 105 Å². The molecule has 0 aromatic carbocycles. The van der Waals surface area contributed by atoms with Gasteiger partial charge in [-0.15, -0.1) is 0 Å². The van der Waals surface area contributed by atoms with E-state index in [2.05, 4.69) is 29.6 Å². The van der Waals surface area contributed by atoms with E-state index >= 15 is 0 Å². The highest BCUT2D eigenvalue weighted by Gasteiger charge is 2.58. The Morgan fingerprint density at radius 1 is 0.408 bits per heavy atom. The van der Waals surface area contributed by atoms with Crippen molar-refractivity contribution in [3.05, 3.63) is 0 Å². The van der Waals surface area contributed by atoms with Crippen LogP contribution in [0.4, 0.5) is 0 Å². The van der Waals surface area contributed by atoms with Crippen LogP contribution in [0.1, 0.15) is 27.7 Å². The standard InChI is InChI=1S/C50H86N4O42S2/c1-13(60)51-17(5-55)40(28(65)18(64)10-83-45-25(52-14(2)61)34(71)41(22(9-59)89-45)93-49-38(75)36(73)30(67)23(91-49)11-84-97(77,78)79)92-46-26(53-15(3)62)42(31(68)20(7-57)86-46)95-50-39(76)44(32(69)21(8-58)88-50)96-47-27(54-16(4)63)43(33(70)24(90-47)12-85-98(80,81)82)94-48-37(74)35(72)29(66)19(6-56)87-48/h17-50,55-59,64-76H,5-12H2,1-4H3,(H,51,60)(H,52,61)(H,53,62)(H,54,63)(H,77,78,79)(H,80,81,82)/t17-,18+,19+,20+,21+,22+,23+,24+,25+,26+,27+,28-,29-,30-,31+,32-,33+,34+,35-,36-,37+,38+,39+,40+,41+,42+,43+,44-,45+,46-,47-,48-,49-,50-/m0/s1. The molecule has 0 saturated carbocycles. The smallest absolute Gasteiger partial charge is 0.394 e. The molecular weight excluding hydrogens is 1390 g/mol. The molecule has 4 amide bonds. The molecule has 34 atom stereocenters. The number of carbonyl (C=O) groups is 4. The van der Waals surface area contributed by atoms with Crippen molar-refractivity contribution in [2.75, 3.05) is 52.9 Å². The summed E-state index contributed by atoms with van der Waals surface area (Å²) in [7, 11) is -10.5. The van der Waals surface area contributed by atoms with Crippen molar-refractivity contribution in [1.82, 2.24) is 21.3 Å². The monoisotopic (exact) mass is 1480 g/mol. The molecule has 0 spiro atoms. The number of amides is 4. The molecule has 0 aromatic heterocycles. The zero-order valence-corrected chi connectivity index (χ0v) is 53.7. The highest BCUT2D eigenvalue weighted by molar-refractivity contribution is 7.81. The molecule has 46 nitrogen and oxygen atoms in total. The molecule has 6 heterocycles. The van der Waals surface area contributed by atoms with Crippen LogP contribution in [0.25, 0.3) is 0 Å². The van der Waals surface area contributed by atoms with Gasteiger partial charge in [0, 0.05) is 27.7 Å². The molecule has 6 fully saturated rings. The minimum absolute atomic E-state index is 0.891. The van der Waals surface area contributed by atoms with E-state index in [1.807, 2.05) is 0 Å². The maximum Gasteiger partial charge on any atom is 0.397 e. The van der Waals surface area contributed by atoms with E-state index in [-0.39, 0.29) is 0 Å². The Bertz CT molecular complexity index is 2790. The zero-order valence-electron chi connectivity index (χ0n) is 52.0. The van der Waals surface area contributed by atoms with Crippen LogP contribution in [0, 0.1) is 0 Å². The third kappa shape index (κ3) is 21.1. The Hall–Kier alpha value is -3.58. The second kappa shape index (κ2) is 36.2. The van der Waals surface area contributed by atoms with E-state index < -0.39 is 306 Å². The average Bonchev–Trinajstić information content (AvgIpc) is 0.776. The summed E-state index contributed by atoms with van der Waals surface area (Å²) in [4.78, 5) is 51.1. The Kier molecular flexibility index (Phi) is 30.8. The van der Waals surface area contributed by atoms with E-state index in [1.165, 1.54) is 0 Å². The van der Waals surface area contributed by atoms with Gasteiger partial charge in [0.25, 0.3) is 0 Å². The lowest BCUT2D eigenvalue weighted by molar-refractivity contribution is -0.376. The number of carbonyl (C=O) groups excluding carboxylic acids is 4. The number of hydrogen-bond acceptors (Lipinski definition) is 40. The average molecular weight is 1480 g/mol. The molecule has 6 rings (SSSR count). The Balaban J connectivity index is 1.28. The van der Waals surface area contributed by atoms with Crippen molar-refractivity contribution >= 4 is 44.4 Å². The first-order valence-electron chi connectivity index (χ1n) is 29.8. The summed E-state index contributed by atoms with van der Waals surface area (Å²) in [5.41, 5.74) is 0. The lowest BCUT2D eigenvalue weighted by Gasteiger charge is -2.50. The van der Waals surface area contributed by atoms with Gasteiger partial charge < -0.3 is 170 Å². The van der Waals surface area contributed by atoms with Crippen molar-refractivity contribution in [2.45, 2.75) is 236 Å². The van der Waals surface area contributed by atoms with Crippen molar-refractivity contribution in [3.63, 3.8) is 0 Å². The topological polar surface area (TPSA) is 719 Å². The molecule has 6 aliphatic rings. The summed E-state index contributed by atoms with van der Waals surface area (Å²) in [5.74, 6) is -3.86. The van der Waals surface area contributed by atoms with Crippen LogP contribution in [0.5, 0.6) is 0 Å². The van der Waals surface area contributed by atoms with Crippen LogP contribution in [0.2, 0.25) is 0 Å². The third-order valence-corrected chi connectivity index (χ3v) is 17.1. The minimum Gasteiger partial charge on any atom is -0.394 e. The molecule has 0 aliphatic carbocycles. The summed E-state index contributed by atoms with van der Waals surface area (Å²) in [6.07, 6.45) is -63.9. The Labute approximate surface area is 555 Å². The van der Waals surface area contributed by atoms with Crippen LogP contribution in [0.3, 0.4) is 0 Å². The predicted molar refractivity (Wildman–Crippen MR) is 301 cm³/mol. The number of nitrogens with one attached hydrogen (secondary N) is 4. The van der Waals surface area contributed by atoms with E-state index in [0.717, 1.165) is 27.7 Å². The van der Waals surface area contributed by atoms with Gasteiger partial charge >= 0.3 is 20.8 Å². The first-order valence-corrected chi connectivity index (χ1v) is 32.6. The first kappa shape index (κ1) is 83.4. The SMILES string of the molecule is CC(=O)N[C@H]1[C@H](OC[C@@H](O)[C@H](O)[C@H](O[C@@H]2O[C@H](CO)[C@@H](O)[C@H](O[C@@H]3O[C@H](CO)[C@H](O)[C@H](O[C@@H]4O[C@H](COS(=O)(=O)O)[C@@H](O)[C@H](O[C@@H]5O[C@H](CO)[C@H](O)[C@H](O)[C@H]5O)[C@H]4NC(C)=O)[C@H]3O)[C@H]2NC(C)=O)[C@H](CO)NC(C)=O)O[C@H](CO)[C@@H](O[C@@H]2O[C@H](COS(=O)(=O)O)[C@H](O)[C@H](O)[C@H]2O)[C@@H]1O. The van der Waals surface area contributed by atoms with Gasteiger partial charge in [-0.2, -0.15) is 16.8 Å². The molecule has 48 heteroatoms. The number of aliphatic hydroxyl groups is 18. The first-order chi connectivity index (χ1) is 45.8. The fraction of sp³-hybridized carbons (Fsp3) is 0.920. The van der Waals surface area contributed by atoms with Gasteiger partial charge in [-0.3, -0.25) is 28.3 Å². The molecule has 24 N–H and O–H groups in total. The van der Waals surface area contributed by atoms with Gasteiger partial charge in [-0.05, 0) is 0 Å². The van der Waals surface area contributed by atoms with Gasteiger partial charge in [0.05, 0.1) is 58.9 Å². The predicted octanol–water partition coefficient (Wildman–Crippen LogP) is -16.4. The van der Waals surface area contributed by atoms with Gasteiger partial charge in [0.2, 0.25) is 23.6 Å². The molecular formula is C50H86N4O42S2. The van der Waals surface area contributed by atoms with Crippen LogP contribution in [0.15, 0.2) is 0 Å². The van der Waals surface area contributed by atoms with Crippen molar-refractivity contribution in [3.8, 4) is 0 Å². The van der Waals surface area contributed by atoms with E-state index in [9.17, 15) is 132 Å². The lowest BCUT2D eigenvalue weighted by atomic mass is 9.93. The number of hydrogen-bond donors (Lipinski definition) is 24. The number of rotatable bonds is 31. The van der Waals surface area contributed by atoms with Crippen LogP contribution in [-0.4, -0.2) is 403 Å². The van der Waals surface area contributed by atoms with Gasteiger partial charge in [0.1, 0.15) is 165 Å². The number of aliphatic hydroxyl groups excluding tert-OH is 18. The molecule has 0 radical (unpaired) electrons. The second-order valence-corrected chi connectivity index (χ2v) is 25.6. The van der Waals surface area contributed by atoms with Crippen LogP contribution < -0.4 is 21.3 Å². The zero-order chi connectivity index (χ0) is 73.3. The van der Waals surface area contributed by atoms with Crippen molar-refractivity contribution in [2.24, 2.45) is 0 Å². The quantitative estimate of drug-likeness (QED) is 0.0287. The fourth-order valence-electron chi connectivity index (χ4n) is 11.4. The van der Waals surface area contributed by atoms with Crippen LogP contribution >= 0.6 is 0 Å². The molecule has 6 aliphatic heterocycles. The van der Waals surface area contributed by atoms with Crippen molar-refractivity contribution in [1.29, 1.82) is 0 Å². The third-order valence-electron chi connectivity index (χ3n) is 16.2. The molecule has 98 heavy (non-hydrogen) atoms. The highest BCUT2D eigenvalue weighted by atomic mass is 32.3. The van der Waals surface area contributed by atoms with Crippen molar-refractivity contribution < 1.29 is 202 Å². The van der Waals surface area contributed by atoms with Gasteiger partial charge in [-0.25, -0.2) is 8.37 Å². The Morgan fingerprint density at radius 2 is 0.776 bits per heavy atom. The summed E-state index contributed by atoms with van der Waals surface area (Å²) in [6, 6.07) is -7.68. The molecule has 0 bridgehead atoms. The summed E-state index contributed by atoms with van der Waals surface area (Å²) in [5, 5.41) is 207. The fourth-order valence-corrected chi connectivity index (χ4v) is 12.0. The van der Waals surface area contributed by atoms with E-state index in [4.69, 9.17) is 61.4 Å². The summed E-state index contributed by atoms with van der Waals surface area (Å²) >= 11 is 0. The molecule has 570 valence electrons. The number of ether oxygens (including phenoxy) is 12. The largest absolute Gasteiger partial charge is 0.397 e. The highest BCUT2D eigenvalue weighted by Crippen LogP contribution is 2.37. The van der Waals surface area contributed by atoms with Gasteiger partial charge in [-0.1, -0.05) is 0 Å². The maximum absolute atomic E-state index is 13.1. The second-order valence-electron chi connectivity index (χ2n) is 23.4. The normalized spacial score (nSPS) is 41.6. The van der Waals surface area contributed by atoms with Gasteiger partial charge in [0.15, 0.2) is 37.7 Å². The van der Waals surface area contributed by atoms with E-state index in [0.29, 0.717) is 0 Å². The maximum atomic E-state index is 13.1. The lowest BCUT2D eigenvalue weighted by Crippen LogP contribution is -2.71. The molecule has 0 unspecified atom stereocenters. The van der Waals surface area contributed by atoms with E-state index in [1.54, 1.807) is 0 Å². The molecule has 6 saturated heterocycles. The minimum atomic E-state index is -5.37. The summed E-state index contributed by atoms with van der Waals surface area (Å²) < 4.78 is 142.